The maximum atomic E-state index is 6.08. The van der Waals surface area contributed by atoms with Gasteiger partial charge in [0.25, 0.3) is 0 Å². The van der Waals surface area contributed by atoms with Crippen molar-refractivity contribution in [2.45, 2.75) is 38.1 Å². The molecule has 0 aliphatic heterocycles. The van der Waals surface area contributed by atoms with Crippen LogP contribution in [0.2, 0.25) is 5.02 Å². The Morgan fingerprint density at radius 2 is 1.95 bits per heavy atom. The maximum absolute atomic E-state index is 6.08. The van der Waals surface area contributed by atoms with Gasteiger partial charge in [-0.1, -0.05) is 48.4 Å². The highest BCUT2D eigenvalue weighted by molar-refractivity contribution is 6.30. The monoisotopic (exact) mass is 299 g/mol. The first kappa shape index (κ1) is 14.6. The van der Waals surface area contributed by atoms with Gasteiger partial charge >= 0.3 is 0 Å². The van der Waals surface area contributed by atoms with Gasteiger partial charge in [-0.2, -0.15) is 0 Å². The normalized spacial score (nSPS) is 16.5. The molecule has 1 fully saturated rings. The molecule has 2 heteroatoms. The van der Waals surface area contributed by atoms with Gasteiger partial charge in [-0.3, -0.25) is 0 Å². The van der Waals surface area contributed by atoms with E-state index in [1.807, 2.05) is 19.2 Å². The number of rotatable bonds is 4. The molecule has 1 unspecified atom stereocenters. The van der Waals surface area contributed by atoms with E-state index in [-0.39, 0.29) is 6.04 Å². The van der Waals surface area contributed by atoms with Gasteiger partial charge in [-0.25, -0.2) is 0 Å². The molecule has 0 amide bonds. The van der Waals surface area contributed by atoms with Crippen LogP contribution in [-0.4, -0.2) is 7.05 Å². The van der Waals surface area contributed by atoms with Crippen molar-refractivity contribution in [3.05, 3.63) is 69.7 Å². The second kappa shape index (κ2) is 6.21. The number of aryl methyl sites for hydroxylation is 1. The lowest BCUT2D eigenvalue weighted by atomic mass is 9.79. The lowest BCUT2D eigenvalue weighted by molar-refractivity contribution is 0.419. The van der Waals surface area contributed by atoms with E-state index in [1.54, 1.807) is 0 Å². The predicted molar refractivity (Wildman–Crippen MR) is 90.1 cm³/mol. The van der Waals surface area contributed by atoms with Crippen LogP contribution >= 0.6 is 11.6 Å². The smallest absolute Gasteiger partial charge is 0.0577 e. The zero-order valence-corrected chi connectivity index (χ0v) is 13.5. The molecule has 1 aliphatic rings. The van der Waals surface area contributed by atoms with Gasteiger partial charge in [0.2, 0.25) is 0 Å². The van der Waals surface area contributed by atoms with Crippen molar-refractivity contribution in [1.29, 1.82) is 0 Å². The summed E-state index contributed by atoms with van der Waals surface area (Å²) in [6.45, 7) is 2.13. The highest BCUT2D eigenvalue weighted by Gasteiger charge is 2.21. The summed E-state index contributed by atoms with van der Waals surface area (Å²) in [5, 5.41) is 4.25. The van der Waals surface area contributed by atoms with Crippen LogP contribution in [-0.2, 0) is 0 Å². The number of benzene rings is 2. The molecule has 1 N–H and O–H groups in total. The fraction of sp³-hybridized carbons (Fsp3) is 0.368. The molecule has 0 aromatic heterocycles. The van der Waals surface area contributed by atoms with Gasteiger partial charge in [0, 0.05) is 5.02 Å². The number of halogens is 1. The van der Waals surface area contributed by atoms with Crippen LogP contribution in [0.5, 0.6) is 0 Å². The standard InChI is InChI=1S/C19H22ClN/c1-13-11-17(20)9-10-18(13)19(21-2)16-8-4-7-15(12-16)14-5-3-6-14/h4,7-12,14,19,21H,3,5-6H2,1-2H3. The van der Waals surface area contributed by atoms with Gasteiger partial charge < -0.3 is 5.32 Å². The van der Waals surface area contributed by atoms with Crippen molar-refractivity contribution in [2.75, 3.05) is 7.05 Å². The lowest BCUT2D eigenvalue weighted by Crippen LogP contribution is -2.19. The minimum atomic E-state index is 0.224. The predicted octanol–water partition coefficient (Wildman–Crippen LogP) is 5.22. The second-order valence-electron chi connectivity index (χ2n) is 6.02. The summed E-state index contributed by atoms with van der Waals surface area (Å²) < 4.78 is 0. The van der Waals surface area contributed by atoms with Crippen molar-refractivity contribution in [3.63, 3.8) is 0 Å². The minimum absolute atomic E-state index is 0.224. The molecule has 0 spiro atoms. The van der Waals surface area contributed by atoms with E-state index in [2.05, 4.69) is 42.6 Å². The summed E-state index contributed by atoms with van der Waals surface area (Å²) in [6, 6.07) is 15.4. The lowest BCUT2D eigenvalue weighted by Gasteiger charge is -2.27. The van der Waals surface area contributed by atoms with Crippen molar-refractivity contribution in [1.82, 2.24) is 5.32 Å². The Morgan fingerprint density at radius 3 is 2.57 bits per heavy atom. The largest absolute Gasteiger partial charge is 0.309 e. The third kappa shape index (κ3) is 3.00. The van der Waals surface area contributed by atoms with Crippen LogP contribution in [0.4, 0.5) is 0 Å². The molecule has 0 heterocycles. The SMILES string of the molecule is CNC(c1cccc(C2CCC2)c1)c1ccc(Cl)cc1C. The van der Waals surface area contributed by atoms with Gasteiger partial charge in [0.05, 0.1) is 6.04 Å². The molecular weight excluding hydrogens is 278 g/mol. The molecule has 3 rings (SSSR count). The Labute approximate surface area is 132 Å². The van der Waals surface area contributed by atoms with Crippen molar-refractivity contribution in [3.8, 4) is 0 Å². The van der Waals surface area contributed by atoms with E-state index in [0.29, 0.717) is 0 Å². The highest BCUT2D eigenvalue weighted by Crippen LogP contribution is 2.37. The van der Waals surface area contributed by atoms with Crippen LogP contribution in [0, 0.1) is 6.92 Å². The van der Waals surface area contributed by atoms with Crippen molar-refractivity contribution in [2.24, 2.45) is 0 Å². The molecule has 2 aromatic rings. The zero-order chi connectivity index (χ0) is 14.8. The molecule has 2 aromatic carbocycles. The van der Waals surface area contributed by atoms with Crippen LogP contribution in [0.15, 0.2) is 42.5 Å². The molecule has 0 saturated heterocycles. The average Bonchev–Trinajstić information content (AvgIpc) is 2.40. The number of hydrogen-bond donors (Lipinski definition) is 1. The van der Waals surface area contributed by atoms with Crippen molar-refractivity contribution < 1.29 is 0 Å². The molecule has 1 aliphatic carbocycles. The van der Waals surface area contributed by atoms with Gasteiger partial charge in [-0.15, -0.1) is 0 Å². The number of hydrogen-bond acceptors (Lipinski definition) is 1. The average molecular weight is 300 g/mol. The second-order valence-corrected chi connectivity index (χ2v) is 6.46. The Morgan fingerprint density at radius 1 is 1.14 bits per heavy atom. The van der Waals surface area contributed by atoms with Gasteiger partial charge in [0.1, 0.15) is 0 Å². The molecule has 21 heavy (non-hydrogen) atoms. The summed E-state index contributed by atoms with van der Waals surface area (Å²) in [5.41, 5.74) is 5.36. The van der Waals surface area contributed by atoms with Crippen LogP contribution in [0.25, 0.3) is 0 Å². The molecule has 0 radical (unpaired) electrons. The van der Waals surface area contributed by atoms with Gasteiger partial charge in [0.15, 0.2) is 0 Å². The van der Waals surface area contributed by atoms with Crippen LogP contribution < -0.4 is 5.32 Å². The van der Waals surface area contributed by atoms with E-state index in [9.17, 15) is 0 Å². The van der Waals surface area contributed by atoms with E-state index >= 15 is 0 Å². The quantitative estimate of drug-likeness (QED) is 0.815. The minimum Gasteiger partial charge on any atom is -0.309 e. The van der Waals surface area contributed by atoms with E-state index in [4.69, 9.17) is 11.6 Å². The molecule has 1 atom stereocenters. The summed E-state index contributed by atoms with van der Waals surface area (Å²) >= 11 is 6.08. The maximum Gasteiger partial charge on any atom is 0.0577 e. The summed E-state index contributed by atoms with van der Waals surface area (Å²) in [4.78, 5) is 0. The van der Waals surface area contributed by atoms with Crippen LogP contribution in [0.1, 0.15) is 53.5 Å². The summed E-state index contributed by atoms with van der Waals surface area (Å²) in [7, 11) is 2.02. The van der Waals surface area contributed by atoms with Crippen molar-refractivity contribution >= 4 is 11.6 Å². The molecule has 1 nitrogen and oxygen atoms in total. The molecule has 1 saturated carbocycles. The Kier molecular flexibility index (Phi) is 4.32. The molecule has 110 valence electrons. The topological polar surface area (TPSA) is 12.0 Å². The highest BCUT2D eigenvalue weighted by atomic mass is 35.5. The third-order valence-corrected chi connectivity index (χ3v) is 4.89. The fourth-order valence-corrected chi connectivity index (χ4v) is 3.43. The Bertz CT molecular complexity index is 631. The van der Waals surface area contributed by atoms with Gasteiger partial charge in [-0.05, 0) is 67.1 Å². The molecular formula is C19H22ClN. The fourth-order valence-electron chi connectivity index (χ4n) is 3.20. The third-order valence-electron chi connectivity index (χ3n) is 4.65. The first-order chi connectivity index (χ1) is 10.2. The first-order valence-electron chi connectivity index (χ1n) is 7.72. The van der Waals surface area contributed by atoms with Crippen LogP contribution in [0.3, 0.4) is 0 Å². The van der Waals surface area contributed by atoms with E-state index in [0.717, 1.165) is 10.9 Å². The number of nitrogens with one attached hydrogen (secondary N) is 1. The molecule has 0 bridgehead atoms. The summed E-state index contributed by atoms with van der Waals surface area (Å²) in [5.74, 6) is 0.772. The van der Waals surface area contributed by atoms with E-state index < -0.39 is 0 Å². The summed E-state index contributed by atoms with van der Waals surface area (Å²) in [6.07, 6.45) is 4.06. The van der Waals surface area contributed by atoms with E-state index in [1.165, 1.54) is 41.5 Å². The first-order valence-corrected chi connectivity index (χ1v) is 8.10. The Balaban J connectivity index is 1.95. The zero-order valence-electron chi connectivity index (χ0n) is 12.7. The Hall–Kier alpha value is -1.31.